The third kappa shape index (κ3) is 2.29. The van der Waals surface area contributed by atoms with Crippen molar-refractivity contribution in [2.45, 2.75) is 6.92 Å². The first kappa shape index (κ1) is 14.1. The zero-order valence-electron chi connectivity index (χ0n) is 12.0. The Bertz CT molecular complexity index is 896. The fourth-order valence-corrected chi connectivity index (χ4v) is 2.63. The summed E-state index contributed by atoms with van der Waals surface area (Å²) in [7, 11) is 0. The van der Waals surface area contributed by atoms with Gasteiger partial charge in [-0.3, -0.25) is 0 Å². The molecule has 0 fully saturated rings. The highest BCUT2D eigenvalue weighted by Gasteiger charge is 2.14. The van der Waals surface area contributed by atoms with Gasteiger partial charge < -0.3 is 9.84 Å². The van der Waals surface area contributed by atoms with E-state index < -0.39 is 11.9 Å². The average molecular weight is 294 g/mol. The SMILES string of the molecule is CCOC(=O)c1cccc2cc3cccc(C(=O)O)c3cc12. The summed E-state index contributed by atoms with van der Waals surface area (Å²) in [6.45, 7) is 2.05. The second-order valence-electron chi connectivity index (χ2n) is 4.93. The summed E-state index contributed by atoms with van der Waals surface area (Å²) in [6.07, 6.45) is 0. The standard InChI is InChI=1S/C18H14O4/c1-2-22-18(21)14-8-4-6-12-9-11-5-3-7-13(17(19)20)15(11)10-16(12)14/h3-10H,2H2,1H3,(H,19,20). The Kier molecular flexibility index (Phi) is 3.51. The summed E-state index contributed by atoms with van der Waals surface area (Å²) in [5, 5.41) is 12.3. The number of carboxylic acid groups (broad SMARTS) is 1. The molecule has 0 aliphatic rings. The third-order valence-corrected chi connectivity index (χ3v) is 3.61. The maximum absolute atomic E-state index is 12.1. The zero-order chi connectivity index (χ0) is 15.7. The lowest BCUT2D eigenvalue weighted by Crippen LogP contribution is -2.05. The highest BCUT2D eigenvalue weighted by atomic mass is 16.5. The molecule has 0 atom stereocenters. The van der Waals surface area contributed by atoms with Gasteiger partial charge in [0.25, 0.3) is 0 Å². The van der Waals surface area contributed by atoms with Crippen LogP contribution in [0.2, 0.25) is 0 Å². The third-order valence-electron chi connectivity index (χ3n) is 3.61. The summed E-state index contributed by atoms with van der Waals surface area (Å²) >= 11 is 0. The van der Waals surface area contributed by atoms with E-state index in [1.807, 2.05) is 18.2 Å². The molecule has 3 aromatic rings. The zero-order valence-corrected chi connectivity index (χ0v) is 12.0. The van der Waals surface area contributed by atoms with Crippen molar-refractivity contribution in [2.24, 2.45) is 0 Å². The second kappa shape index (κ2) is 5.48. The molecule has 0 bridgehead atoms. The van der Waals surface area contributed by atoms with Crippen molar-refractivity contribution in [3.63, 3.8) is 0 Å². The van der Waals surface area contributed by atoms with Gasteiger partial charge in [-0.15, -0.1) is 0 Å². The Labute approximate surface area is 126 Å². The number of rotatable bonds is 3. The molecule has 0 aliphatic heterocycles. The lowest BCUT2D eigenvalue weighted by Gasteiger charge is -2.09. The number of hydrogen-bond acceptors (Lipinski definition) is 3. The Hall–Kier alpha value is -2.88. The summed E-state index contributed by atoms with van der Waals surface area (Å²) < 4.78 is 5.07. The van der Waals surface area contributed by atoms with Crippen molar-refractivity contribution in [3.8, 4) is 0 Å². The van der Waals surface area contributed by atoms with Crippen LogP contribution in [-0.4, -0.2) is 23.7 Å². The molecule has 1 N–H and O–H groups in total. The van der Waals surface area contributed by atoms with E-state index in [9.17, 15) is 14.7 Å². The van der Waals surface area contributed by atoms with Gasteiger partial charge in [-0.05, 0) is 52.7 Å². The van der Waals surface area contributed by atoms with Crippen molar-refractivity contribution in [2.75, 3.05) is 6.61 Å². The molecule has 110 valence electrons. The maximum atomic E-state index is 12.1. The summed E-state index contributed by atoms with van der Waals surface area (Å²) in [5.41, 5.74) is 0.666. The lowest BCUT2D eigenvalue weighted by atomic mass is 9.97. The van der Waals surface area contributed by atoms with E-state index in [-0.39, 0.29) is 5.56 Å². The van der Waals surface area contributed by atoms with Gasteiger partial charge in [-0.2, -0.15) is 0 Å². The predicted molar refractivity (Wildman–Crippen MR) is 84.4 cm³/mol. The first-order valence-corrected chi connectivity index (χ1v) is 6.97. The first-order valence-electron chi connectivity index (χ1n) is 6.97. The van der Waals surface area contributed by atoms with Gasteiger partial charge in [0.1, 0.15) is 0 Å². The fourth-order valence-electron chi connectivity index (χ4n) is 2.63. The molecule has 3 rings (SSSR count). The average Bonchev–Trinajstić information content (AvgIpc) is 2.51. The largest absolute Gasteiger partial charge is 0.478 e. The molecular formula is C18H14O4. The van der Waals surface area contributed by atoms with E-state index in [4.69, 9.17) is 4.74 Å². The maximum Gasteiger partial charge on any atom is 0.338 e. The van der Waals surface area contributed by atoms with E-state index in [0.717, 1.165) is 10.8 Å². The molecule has 0 heterocycles. The van der Waals surface area contributed by atoms with E-state index in [0.29, 0.717) is 22.9 Å². The number of esters is 1. The normalized spacial score (nSPS) is 10.8. The molecule has 0 aliphatic carbocycles. The molecule has 0 radical (unpaired) electrons. The van der Waals surface area contributed by atoms with E-state index in [1.165, 1.54) is 0 Å². The van der Waals surface area contributed by atoms with E-state index in [1.54, 1.807) is 37.3 Å². The summed E-state index contributed by atoms with van der Waals surface area (Å²) in [6, 6.07) is 14.1. The number of benzene rings is 3. The van der Waals surface area contributed by atoms with E-state index in [2.05, 4.69) is 0 Å². The second-order valence-corrected chi connectivity index (χ2v) is 4.93. The summed E-state index contributed by atoms with van der Waals surface area (Å²) in [4.78, 5) is 23.5. The minimum atomic E-state index is -0.987. The molecule has 0 amide bonds. The van der Waals surface area contributed by atoms with Crippen LogP contribution in [0.3, 0.4) is 0 Å². The van der Waals surface area contributed by atoms with Crippen molar-refractivity contribution in [3.05, 3.63) is 59.7 Å². The molecule has 4 nitrogen and oxygen atoms in total. The van der Waals surface area contributed by atoms with Gasteiger partial charge in [0.05, 0.1) is 17.7 Å². The van der Waals surface area contributed by atoms with Crippen LogP contribution in [-0.2, 0) is 4.74 Å². The fraction of sp³-hybridized carbons (Fsp3) is 0.111. The molecule has 0 saturated heterocycles. The first-order chi connectivity index (χ1) is 10.6. The Morgan fingerprint density at radius 1 is 0.955 bits per heavy atom. The number of carboxylic acids is 1. The van der Waals surface area contributed by atoms with Gasteiger partial charge in [-0.25, -0.2) is 9.59 Å². The molecular weight excluding hydrogens is 280 g/mol. The topological polar surface area (TPSA) is 63.6 Å². The monoisotopic (exact) mass is 294 g/mol. The van der Waals surface area contributed by atoms with Crippen LogP contribution in [0.1, 0.15) is 27.6 Å². The minimum absolute atomic E-state index is 0.220. The van der Waals surface area contributed by atoms with E-state index >= 15 is 0 Å². The van der Waals surface area contributed by atoms with Crippen molar-refractivity contribution >= 4 is 33.5 Å². The van der Waals surface area contributed by atoms with Crippen LogP contribution in [0.5, 0.6) is 0 Å². The van der Waals surface area contributed by atoms with Gasteiger partial charge in [-0.1, -0.05) is 24.3 Å². The molecule has 0 spiro atoms. The Morgan fingerprint density at radius 2 is 1.55 bits per heavy atom. The highest BCUT2D eigenvalue weighted by Crippen LogP contribution is 2.28. The van der Waals surface area contributed by atoms with Crippen LogP contribution >= 0.6 is 0 Å². The van der Waals surface area contributed by atoms with Crippen molar-refractivity contribution in [1.82, 2.24) is 0 Å². The smallest absolute Gasteiger partial charge is 0.338 e. The molecule has 0 saturated carbocycles. The number of aromatic carboxylic acids is 1. The number of carbonyl (C=O) groups excluding carboxylic acids is 1. The van der Waals surface area contributed by atoms with Crippen LogP contribution in [0.4, 0.5) is 0 Å². The predicted octanol–water partition coefficient (Wildman–Crippen LogP) is 3.87. The molecule has 4 heteroatoms. The molecule has 0 unspecified atom stereocenters. The van der Waals surface area contributed by atoms with Gasteiger partial charge in [0.2, 0.25) is 0 Å². The van der Waals surface area contributed by atoms with Crippen LogP contribution in [0.15, 0.2) is 48.5 Å². The van der Waals surface area contributed by atoms with Gasteiger partial charge in [0.15, 0.2) is 0 Å². The van der Waals surface area contributed by atoms with Crippen LogP contribution in [0.25, 0.3) is 21.5 Å². The van der Waals surface area contributed by atoms with Gasteiger partial charge >= 0.3 is 11.9 Å². The number of fused-ring (bicyclic) bond motifs is 2. The number of ether oxygens (including phenoxy) is 1. The quantitative estimate of drug-likeness (QED) is 0.588. The highest BCUT2D eigenvalue weighted by molar-refractivity contribution is 6.12. The minimum Gasteiger partial charge on any atom is -0.478 e. The Balaban J connectivity index is 2.35. The number of carbonyl (C=O) groups is 2. The molecule has 0 aromatic heterocycles. The molecule has 22 heavy (non-hydrogen) atoms. The van der Waals surface area contributed by atoms with Gasteiger partial charge in [0, 0.05) is 0 Å². The molecule has 3 aromatic carbocycles. The number of hydrogen-bond donors (Lipinski definition) is 1. The van der Waals surface area contributed by atoms with Crippen molar-refractivity contribution < 1.29 is 19.4 Å². The Morgan fingerprint density at radius 3 is 2.14 bits per heavy atom. The summed E-state index contributed by atoms with van der Waals surface area (Å²) in [5.74, 6) is -1.39. The lowest BCUT2D eigenvalue weighted by molar-refractivity contribution is 0.0528. The van der Waals surface area contributed by atoms with Crippen molar-refractivity contribution in [1.29, 1.82) is 0 Å². The van der Waals surface area contributed by atoms with Crippen LogP contribution in [0, 0.1) is 0 Å². The van der Waals surface area contributed by atoms with Crippen LogP contribution < -0.4 is 0 Å².